The lowest BCUT2D eigenvalue weighted by Crippen LogP contribution is -2.47. The molecule has 0 bridgehead atoms. The summed E-state index contributed by atoms with van der Waals surface area (Å²) in [6.45, 7) is 4.62. The van der Waals surface area contributed by atoms with E-state index >= 15 is 0 Å². The van der Waals surface area contributed by atoms with Gasteiger partial charge in [0.25, 0.3) is 5.91 Å². The molecule has 29 heavy (non-hydrogen) atoms. The number of nitrogens with one attached hydrogen (secondary N) is 2. The molecule has 0 aliphatic carbocycles. The normalized spacial score (nSPS) is 11.2. The van der Waals surface area contributed by atoms with Gasteiger partial charge in [0.15, 0.2) is 0 Å². The van der Waals surface area contributed by atoms with Crippen LogP contribution < -0.4 is 25.8 Å². The minimum atomic E-state index is -0.678. The number of carbonyl (C=O) groups excluding carboxylic acids is 2. The monoisotopic (exact) mass is 421 g/mol. The fourth-order valence-electron chi connectivity index (χ4n) is 2.53. The van der Waals surface area contributed by atoms with Crippen molar-refractivity contribution < 1.29 is 19.1 Å². The number of benzene rings is 2. The molecule has 2 amide bonds. The Bertz CT molecular complexity index is 780. The van der Waals surface area contributed by atoms with Gasteiger partial charge in [0, 0.05) is 17.8 Å². The van der Waals surface area contributed by atoms with E-state index in [1.54, 1.807) is 55.6 Å². The second kappa shape index (κ2) is 11.9. The van der Waals surface area contributed by atoms with E-state index < -0.39 is 6.04 Å². The van der Waals surface area contributed by atoms with E-state index in [-0.39, 0.29) is 30.1 Å². The van der Waals surface area contributed by atoms with E-state index in [1.807, 2.05) is 13.8 Å². The summed E-state index contributed by atoms with van der Waals surface area (Å²) in [5.41, 5.74) is 6.49. The zero-order valence-corrected chi connectivity index (χ0v) is 17.6. The molecule has 0 aliphatic rings. The Morgan fingerprint density at radius 1 is 1.00 bits per heavy atom. The molecule has 0 spiro atoms. The van der Waals surface area contributed by atoms with Crippen LogP contribution in [0, 0.1) is 5.92 Å². The lowest BCUT2D eigenvalue weighted by atomic mass is 10.0. The summed E-state index contributed by atoms with van der Waals surface area (Å²) in [4.78, 5) is 25.2. The van der Waals surface area contributed by atoms with Crippen molar-refractivity contribution in [3.8, 4) is 11.5 Å². The lowest BCUT2D eigenvalue weighted by Gasteiger charge is -2.22. The first-order valence-corrected chi connectivity index (χ1v) is 9.13. The molecule has 0 saturated heterocycles. The molecule has 2 aromatic carbocycles. The van der Waals surface area contributed by atoms with E-state index in [4.69, 9.17) is 15.2 Å². The van der Waals surface area contributed by atoms with Crippen molar-refractivity contribution in [1.82, 2.24) is 5.32 Å². The molecule has 0 aliphatic heterocycles. The maximum atomic E-state index is 12.7. The van der Waals surface area contributed by atoms with Gasteiger partial charge in [-0.3, -0.25) is 9.59 Å². The summed E-state index contributed by atoms with van der Waals surface area (Å²) in [5, 5.41) is 5.63. The smallest absolute Gasteiger partial charge is 0.251 e. The Morgan fingerprint density at radius 3 is 2.10 bits per heavy atom. The minimum absolute atomic E-state index is 0. The van der Waals surface area contributed by atoms with Crippen LogP contribution in [0.3, 0.4) is 0 Å². The Labute approximate surface area is 177 Å². The van der Waals surface area contributed by atoms with Crippen LogP contribution in [0.5, 0.6) is 11.5 Å². The summed E-state index contributed by atoms with van der Waals surface area (Å²) in [6.07, 6.45) is 0. The van der Waals surface area contributed by atoms with Crippen LogP contribution in [0.15, 0.2) is 48.5 Å². The van der Waals surface area contributed by atoms with Crippen LogP contribution in [0.1, 0.15) is 24.2 Å². The number of hydrogen-bond acceptors (Lipinski definition) is 5. The summed E-state index contributed by atoms with van der Waals surface area (Å²) in [6, 6.07) is 13.0. The predicted molar refractivity (Wildman–Crippen MR) is 116 cm³/mol. The maximum Gasteiger partial charge on any atom is 0.251 e. The molecular formula is C21H28ClN3O4. The Balaban J connectivity index is 0.00000420. The molecule has 4 N–H and O–H groups in total. The molecule has 0 radical (unpaired) electrons. The number of ether oxygens (including phenoxy) is 2. The Morgan fingerprint density at radius 2 is 1.59 bits per heavy atom. The van der Waals surface area contributed by atoms with Gasteiger partial charge in [-0.1, -0.05) is 13.8 Å². The molecular weight excluding hydrogens is 394 g/mol. The van der Waals surface area contributed by atoms with E-state index in [2.05, 4.69) is 10.6 Å². The van der Waals surface area contributed by atoms with Crippen LogP contribution >= 0.6 is 12.4 Å². The third-order valence-corrected chi connectivity index (χ3v) is 4.10. The van der Waals surface area contributed by atoms with E-state index in [0.717, 1.165) is 0 Å². The van der Waals surface area contributed by atoms with Gasteiger partial charge in [-0.05, 0) is 54.4 Å². The Hall–Kier alpha value is -2.77. The standard InChI is InChI=1S/C21H27N3O4.ClH/c1-14(2)19(24-20(25)15-4-8-17(27-3)9-5-15)21(26)23-16-6-10-18(11-7-16)28-13-12-22;/h4-11,14,19H,12-13,22H2,1-3H3,(H,23,26)(H,24,25);1H. The maximum absolute atomic E-state index is 12.7. The highest BCUT2D eigenvalue weighted by atomic mass is 35.5. The molecule has 0 aromatic heterocycles. The average molecular weight is 422 g/mol. The third kappa shape index (κ3) is 7.29. The zero-order chi connectivity index (χ0) is 20.5. The van der Waals surface area contributed by atoms with Gasteiger partial charge in [0.1, 0.15) is 24.1 Å². The first-order chi connectivity index (χ1) is 13.4. The topological polar surface area (TPSA) is 103 Å². The van der Waals surface area contributed by atoms with Crippen molar-refractivity contribution in [1.29, 1.82) is 0 Å². The van der Waals surface area contributed by atoms with Gasteiger partial charge >= 0.3 is 0 Å². The Kier molecular flexibility index (Phi) is 9.99. The number of anilines is 1. The van der Waals surface area contributed by atoms with Crippen LogP contribution in [0.25, 0.3) is 0 Å². The van der Waals surface area contributed by atoms with Crippen LogP contribution in [0.2, 0.25) is 0 Å². The molecule has 7 nitrogen and oxygen atoms in total. The highest BCUT2D eigenvalue weighted by Crippen LogP contribution is 2.17. The van der Waals surface area contributed by atoms with Gasteiger partial charge in [-0.15, -0.1) is 12.4 Å². The van der Waals surface area contributed by atoms with Crippen molar-refractivity contribution in [3.63, 3.8) is 0 Å². The van der Waals surface area contributed by atoms with Gasteiger partial charge in [0.2, 0.25) is 5.91 Å². The van der Waals surface area contributed by atoms with Crippen LogP contribution in [0.4, 0.5) is 5.69 Å². The fraction of sp³-hybridized carbons (Fsp3) is 0.333. The van der Waals surface area contributed by atoms with Crippen molar-refractivity contribution in [2.75, 3.05) is 25.6 Å². The minimum Gasteiger partial charge on any atom is -0.497 e. The van der Waals surface area contributed by atoms with E-state index in [9.17, 15) is 9.59 Å². The van der Waals surface area contributed by atoms with Gasteiger partial charge in [0.05, 0.1) is 7.11 Å². The molecule has 2 aromatic rings. The van der Waals surface area contributed by atoms with Crippen molar-refractivity contribution in [2.45, 2.75) is 19.9 Å². The summed E-state index contributed by atoms with van der Waals surface area (Å²) in [5.74, 6) is 0.647. The van der Waals surface area contributed by atoms with Crippen LogP contribution in [-0.4, -0.2) is 38.1 Å². The summed E-state index contributed by atoms with van der Waals surface area (Å²) in [7, 11) is 1.56. The van der Waals surface area contributed by atoms with Crippen LogP contribution in [-0.2, 0) is 4.79 Å². The van der Waals surface area contributed by atoms with E-state index in [1.165, 1.54) is 0 Å². The van der Waals surface area contributed by atoms with Crippen molar-refractivity contribution in [3.05, 3.63) is 54.1 Å². The number of rotatable bonds is 9. The molecule has 1 atom stereocenters. The summed E-state index contributed by atoms with van der Waals surface area (Å²) >= 11 is 0. The number of halogens is 1. The quantitative estimate of drug-likeness (QED) is 0.577. The SMILES string of the molecule is COc1ccc(C(=O)NC(C(=O)Nc2ccc(OCCN)cc2)C(C)C)cc1.Cl. The van der Waals surface area contributed by atoms with E-state index in [0.29, 0.717) is 35.9 Å². The van der Waals surface area contributed by atoms with Gasteiger partial charge in [-0.2, -0.15) is 0 Å². The molecule has 8 heteroatoms. The van der Waals surface area contributed by atoms with Crippen molar-refractivity contribution in [2.24, 2.45) is 11.7 Å². The highest BCUT2D eigenvalue weighted by molar-refractivity contribution is 6.01. The third-order valence-electron chi connectivity index (χ3n) is 4.10. The largest absolute Gasteiger partial charge is 0.497 e. The van der Waals surface area contributed by atoms with Crippen molar-refractivity contribution >= 4 is 29.9 Å². The number of carbonyl (C=O) groups is 2. The molecule has 0 fully saturated rings. The second-order valence-electron chi connectivity index (χ2n) is 6.57. The zero-order valence-electron chi connectivity index (χ0n) is 16.8. The number of amides is 2. The number of hydrogen-bond donors (Lipinski definition) is 3. The lowest BCUT2D eigenvalue weighted by molar-refractivity contribution is -0.118. The fourth-order valence-corrected chi connectivity index (χ4v) is 2.53. The van der Waals surface area contributed by atoms with Gasteiger partial charge < -0.3 is 25.8 Å². The number of methoxy groups -OCH3 is 1. The predicted octanol–water partition coefficient (Wildman–Crippen LogP) is 2.85. The second-order valence-corrected chi connectivity index (χ2v) is 6.57. The first-order valence-electron chi connectivity index (χ1n) is 9.13. The molecule has 158 valence electrons. The average Bonchev–Trinajstić information content (AvgIpc) is 2.71. The summed E-state index contributed by atoms with van der Waals surface area (Å²) < 4.78 is 10.5. The number of nitrogens with two attached hydrogens (primary N) is 1. The molecule has 1 unspecified atom stereocenters. The first kappa shape index (κ1) is 24.3. The molecule has 0 saturated carbocycles. The van der Waals surface area contributed by atoms with Gasteiger partial charge in [-0.25, -0.2) is 0 Å². The highest BCUT2D eigenvalue weighted by Gasteiger charge is 2.24. The molecule has 0 heterocycles. The molecule has 2 rings (SSSR count).